The van der Waals surface area contributed by atoms with Crippen molar-refractivity contribution in [3.8, 4) is 11.5 Å². The Labute approximate surface area is 163 Å². The van der Waals surface area contributed by atoms with Crippen molar-refractivity contribution in [3.63, 3.8) is 0 Å². The number of benzene rings is 2. The number of nitro benzene ring substituents is 1. The Bertz CT molecular complexity index is 860. The molecule has 0 saturated heterocycles. The Hall–Kier alpha value is -2.69. The smallest absolute Gasteiger partial charge is 0.310 e. The molecule has 0 aliphatic carbocycles. The van der Waals surface area contributed by atoms with Crippen molar-refractivity contribution in [2.24, 2.45) is 5.10 Å². The second-order valence-corrected chi connectivity index (χ2v) is 6.70. The van der Waals surface area contributed by atoms with E-state index in [9.17, 15) is 20.0 Å². The van der Waals surface area contributed by atoms with Crippen LogP contribution in [-0.4, -0.2) is 28.8 Å². The zero-order valence-corrected chi connectivity index (χ0v) is 16.2. The lowest BCUT2D eigenvalue weighted by atomic mass is 10.1. The molecule has 0 aliphatic rings. The second-order valence-electron chi connectivity index (χ2n) is 5.46. The quantitative estimate of drug-likeness (QED) is 0.292. The van der Waals surface area contributed by atoms with Crippen molar-refractivity contribution < 1.29 is 19.6 Å². The summed E-state index contributed by atoms with van der Waals surface area (Å²) in [5, 5.41) is 23.9. The summed E-state index contributed by atoms with van der Waals surface area (Å²) in [6, 6.07) is 7.66. The number of amides is 1. The minimum Gasteiger partial charge on any atom is -0.502 e. The number of phenolic OH excluding ortho intramolecular Hbond substituents is 1. The van der Waals surface area contributed by atoms with Crippen molar-refractivity contribution in [3.05, 3.63) is 60.7 Å². The largest absolute Gasteiger partial charge is 0.502 e. The number of carbonyl (C=O) groups excluding carboxylic acids is 1. The van der Waals surface area contributed by atoms with Gasteiger partial charge in [-0.3, -0.25) is 14.9 Å². The first-order chi connectivity index (χ1) is 12.3. The minimum absolute atomic E-state index is 0.203. The van der Waals surface area contributed by atoms with Crippen molar-refractivity contribution >= 4 is 40.4 Å². The molecule has 136 valence electrons. The van der Waals surface area contributed by atoms with E-state index in [0.717, 1.165) is 20.8 Å². The van der Waals surface area contributed by atoms with E-state index >= 15 is 0 Å². The SMILES string of the molecule is Cc1cc(I)cc(C)c1OCC(=O)N/N=C\c1ccc([N+](=O)[O-])c(O)c1. The molecule has 2 aromatic carbocycles. The van der Waals surface area contributed by atoms with E-state index in [0.29, 0.717) is 11.3 Å². The minimum atomic E-state index is -0.691. The predicted octanol–water partition coefficient (Wildman–Crippen LogP) is 3.05. The van der Waals surface area contributed by atoms with Gasteiger partial charge in [0.05, 0.1) is 11.1 Å². The predicted molar refractivity (Wildman–Crippen MR) is 105 cm³/mol. The highest BCUT2D eigenvalue weighted by Crippen LogP contribution is 2.26. The molecular weight excluding hydrogens is 453 g/mol. The fourth-order valence-electron chi connectivity index (χ4n) is 2.25. The van der Waals surface area contributed by atoms with E-state index in [4.69, 9.17) is 4.74 Å². The summed E-state index contributed by atoms with van der Waals surface area (Å²) in [7, 11) is 0. The number of ether oxygens (including phenoxy) is 1. The number of nitrogens with one attached hydrogen (secondary N) is 1. The van der Waals surface area contributed by atoms with Gasteiger partial charge in [-0.15, -0.1) is 0 Å². The van der Waals surface area contributed by atoms with E-state index in [1.807, 2.05) is 26.0 Å². The zero-order valence-electron chi connectivity index (χ0n) is 14.0. The number of hydrogen-bond acceptors (Lipinski definition) is 6. The zero-order chi connectivity index (χ0) is 19.3. The molecule has 0 radical (unpaired) electrons. The van der Waals surface area contributed by atoms with Crippen LogP contribution < -0.4 is 10.2 Å². The van der Waals surface area contributed by atoms with E-state index < -0.39 is 22.3 Å². The molecule has 2 rings (SSSR count). The van der Waals surface area contributed by atoms with Gasteiger partial charge in [-0.1, -0.05) is 0 Å². The first kappa shape index (κ1) is 19.6. The number of halogens is 1. The summed E-state index contributed by atoms with van der Waals surface area (Å²) in [6.45, 7) is 3.61. The molecule has 9 heteroatoms. The lowest BCUT2D eigenvalue weighted by Gasteiger charge is -2.11. The van der Waals surface area contributed by atoms with Crippen LogP contribution in [0.5, 0.6) is 11.5 Å². The van der Waals surface area contributed by atoms with Crippen LogP contribution in [0.2, 0.25) is 0 Å². The van der Waals surface area contributed by atoms with E-state index in [1.165, 1.54) is 18.3 Å². The molecule has 0 saturated carbocycles. The molecule has 8 nitrogen and oxygen atoms in total. The number of carbonyl (C=O) groups is 1. The average Bonchev–Trinajstić information content (AvgIpc) is 2.53. The summed E-state index contributed by atoms with van der Waals surface area (Å²) < 4.78 is 6.63. The van der Waals surface area contributed by atoms with Crippen LogP contribution in [0.25, 0.3) is 0 Å². The third kappa shape index (κ3) is 5.15. The molecule has 0 fully saturated rings. The normalized spacial score (nSPS) is 10.7. The van der Waals surface area contributed by atoms with Gasteiger partial charge in [0.1, 0.15) is 5.75 Å². The van der Waals surface area contributed by atoms with Gasteiger partial charge in [-0.05, 0) is 77.4 Å². The van der Waals surface area contributed by atoms with Gasteiger partial charge in [0, 0.05) is 9.64 Å². The van der Waals surface area contributed by atoms with Crippen LogP contribution in [0, 0.1) is 27.5 Å². The Balaban J connectivity index is 1.92. The molecule has 1 amide bonds. The third-order valence-electron chi connectivity index (χ3n) is 3.37. The molecule has 2 N–H and O–H groups in total. The van der Waals surface area contributed by atoms with Crippen LogP contribution in [0.3, 0.4) is 0 Å². The number of hydrazone groups is 1. The second kappa shape index (κ2) is 8.61. The number of phenols is 1. The maximum Gasteiger partial charge on any atom is 0.310 e. The van der Waals surface area contributed by atoms with Crippen LogP contribution >= 0.6 is 22.6 Å². The molecular formula is C17H16IN3O5. The van der Waals surface area contributed by atoms with Crippen LogP contribution in [-0.2, 0) is 4.79 Å². The highest BCUT2D eigenvalue weighted by Gasteiger charge is 2.12. The molecule has 26 heavy (non-hydrogen) atoms. The van der Waals surface area contributed by atoms with Gasteiger partial charge in [0.15, 0.2) is 12.4 Å². The fourth-order valence-corrected chi connectivity index (χ4v) is 3.18. The number of hydrogen-bond donors (Lipinski definition) is 2. The number of nitro groups is 1. The monoisotopic (exact) mass is 469 g/mol. The van der Waals surface area contributed by atoms with Crippen molar-refractivity contribution in [1.82, 2.24) is 5.43 Å². The summed E-state index contributed by atoms with van der Waals surface area (Å²) in [6.07, 6.45) is 1.27. The van der Waals surface area contributed by atoms with Crippen molar-refractivity contribution in [1.29, 1.82) is 0 Å². The highest BCUT2D eigenvalue weighted by molar-refractivity contribution is 14.1. The van der Waals surface area contributed by atoms with Crippen molar-refractivity contribution in [2.75, 3.05) is 6.61 Å². The Morgan fingerprint density at radius 3 is 2.58 bits per heavy atom. The van der Waals surface area contributed by atoms with E-state index in [1.54, 1.807) is 0 Å². The topological polar surface area (TPSA) is 114 Å². The molecule has 0 atom stereocenters. The maximum atomic E-state index is 11.8. The van der Waals surface area contributed by atoms with Gasteiger partial charge in [-0.25, -0.2) is 5.43 Å². The molecule has 0 aromatic heterocycles. The van der Waals surface area contributed by atoms with Crippen LogP contribution in [0.4, 0.5) is 5.69 Å². The molecule has 2 aromatic rings. The molecule has 0 unspecified atom stereocenters. The first-order valence-electron chi connectivity index (χ1n) is 7.47. The molecule has 0 aliphatic heterocycles. The Morgan fingerprint density at radius 1 is 1.35 bits per heavy atom. The Morgan fingerprint density at radius 2 is 2.00 bits per heavy atom. The molecule has 0 bridgehead atoms. The van der Waals surface area contributed by atoms with Crippen LogP contribution in [0.15, 0.2) is 35.4 Å². The number of aromatic hydroxyl groups is 1. The lowest BCUT2D eigenvalue weighted by Crippen LogP contribution is -2.25. The summed E-state index contributed by atoms with van der Waals surface area (Å²) in [5.74, 6) is -0.271. The first-order valence-corrected chi connectivity index (χ1v) is 8.54. The number of nitrogens with zero attached hydrogens (tertiary/aromatic N) is 2. The van der Waals surface area contributed by atoms with E-state index in [2.05, 4.69) is 33.1 Å². The fraction of sp³-hybridized carbons (Fsp3) is 0.176. The summed E-state index contributed by atoms with van der Waals surface area (Å²) in [5.41, 5.74) is 4.17. The molecule has 0 heterocycles. The maximum absolute atomic E-state index is 11.8. The van der Waals surface area contributed by atoms with Gasteiger partial charge in [0.2, 0.25) is 0 Å². The standard InChI is InChI=1S/C17H16IN3O5/c1-10-5-13(18)6-11(2)17(10)26-9-16(23)20-19-8-12-3-4-14(21(24)25)15(22)7-12/h3-8,22H,9H2,1-2H3,(H,20,23)/b19-8-. The highest BCUT2D eigenvalue weighted by atomic mass is 127. The summed E-state index contributed by atoms with van der Waals surface area (Å²) >= 11 is 2.21. The molecule has 0 spiro atoms. The van der Waals surface area contributed by atoms with Crippen molar-refractivity contribution in [2.45, 2.75) is 13.8 Å². The average molecular weight is 469 g/mol. The Kier molecular flexibility index (Phi) is 6.50. The van der Waals surface area contributed by atoms with Gasteiger partial charge in [0.25, 0.3) is 5.91 Å². The van der Waals surface area contributed by atoms with Crippen LogP contribution in [0.1, 0.15) is 16.7 Å². The number of aryl methyl sites for hydroxylation is 2. The van der Waals surface area contributed by atoms with Gasteiger partial charge < -0.3 is 9.84 Å². The van der Waals surface area contributed by atoms with Gasteiger partial charge >= 0.3 is 5.69 Å². The van der Waals surface area contributed by atoms with E-state index in [-0.39, 0.29) is 6.61 Å². The lowest BCUT2D eigenvalue weighted by molar-refractivity contribution is -0.385. The third-order valence-corrected chi connectivity index (χ3v) is 3.99. The number of rotatable bonds is 6. The van der Waals surface area contributed by atoms with Gasteiger partial charge in [-0.2, -0.15) is 5.10 Å². The summed E-state index contributed by atoms with van der Waals surface area (Å²) in [4.78, 5) is 21.8.